The normalized spacial score (nSPS) is 19.0. The zero-order valence-corrected chi connectivity index (χ0v) is 13.1. The van der Waals surface area contributed by atoms with E-state index in [4.69, 9.17) is 0 Å². The molecule has 0 amide bonds. The van der Waals surface area contributed by atoms with Crippen LogP contribution in [0.5, 0.6) is 0 Å². The number of aryl methyl sites for hydroxylation is 1. The molecule has 1 aromatic heterocycles. The summed E-state index contributed by atoms with van der Waals surface area (Å²) in [6, 6.07) is 1.75. The number of nitrogens with one attached hydrogen (secondary N) is 1. The van der Waals surface area contributed by atoms with Crippen molar-refractivity contribution >= 4 is 37.3 Å². The van der Waals surface area contributed by atoms with Crippen molar-refractivity contribution in [3.05, 3.63) is 15.4 Å². The molecule has 0 radical (unpaired) electrons. The monoisotopic (exact) mass is 337 g/mol. The molecule has 96 valence electrons. The third-order valence-corrected chi connectivity index (χ3v) is 7.47. The van der Waals surface area contributed by atoms with Crippen LogP contribution >= 0.6 is 27.3 Å². The summed E-state index contributed by atoms with van der Waals surface area (Å²) in [6.45, 7) is 3.85. The number of hydrogen-bond acceptors (Lipinski definition) is 3. The van der Waals surface area contributed by atoms with Gasteiger partial charge in [-0.15, -0.1) is 11.3 Å². The Morgan fingerprint density at radius 2 is 2.18 bits per heavy atom. The van der Waals surface area contributed by atoms with Gasteiger partial charge in [-0.2, -0.15) is 0 Å². The molecule has 6 heteroatoms. The van der Waals surface area contributed by atoms with Gasteiger partial charge in [0.05, 0.1) is 3.79 Å². The Hall–Kier alpha value is 0.0900. The van der Waals surface area contributed by atoms with Gasteiger partial charge in [0.15, 0.2) is 0 Å². The second-order valence-corrected chi connectivity index (χ2v) is 8.93. The molecule has 3 nitrogen and oxygen atoms in total. The summed E-state index contributed by atoms with van der Waals surface area (Å²) in [6.07, 6.45) is 3.49. The van der Waals surface area contributed by atoms with Gasteiger partial charge in [-0.1, -0.05) is 6.42 Å². The second kappa shape index (κ2) is 4.99. The molecule has 0 bridgehead atoms. The SMILES string of the molecule is Cc1cc(S(=O)(=O)NC(C)C2CCC2)sc1Br. The minimum atomic E-state index is -3.34. The van der Waals surface area contributed by atoms with Gasteiger partial charge >= 0.3 is 0 Å². The average Bonchev–Trinajstić information content (AvgIpc) is 2.43. The fraction of sp³-hybridized carbons (Fsp3) is 0.636. The average molecular weight is 338 g/mol. The third-order valence-electron chi connectivity index (χ3n) is 3.30. The van der Waals surface area contributed by atoms with Crippen molar-refractivity contribution in [3.63, 3.8) is 0 Å². The van der Waals surface area contributed by atoms with E-state index in [2.05, 4.69) is 20.7 Å². The molecule has 17 heavy (non-hydrogen) atoms. The van der Waals surface area contributed by atoms with Crippen LogP contribution in [0, 0.1) is 12.8 Å². The van der Waals surface area contributed by atoms with Gasteiger partial charge in [0, 0.05) is 6.04 Å². The van der Waals surface area contributed by atoms with E-state index >= 15 is 0 Å². The first-order valence-electron chi connectivity index (χ1n) is 5.68. The van der Waals surface area contributed by atoms with E-state index in [1.807, 2.05) is 13.8 Å². The molecule has 0 aromatic carbocycles. The Bertz CT molecular complexity index is 486. The maximum atomic E-state index is 12.1. The summed E-state index contributed by atoms with van der Waals surface area (Å²) in [5.41, 5.74) is 0.965. The fourth-order valence-electron chi connectivity index (χ4n) is 1.90. The minimum Gasteiger partial charge on any atom is -0.207 e. The van der Waals surface area contributed by atoms with Crippen molar-refractivity contribution in [2.45, 2.75) is 43.4 Å². The van der Waals surface area contributed by atoms with Crippen LogP contribution in [0.3, 0.4) is 0 Å². The summed E-state index contributed by atoms with van der Waals surface area (Å²) in [4.78, 5) is 0. The lowest BCUT2D eigenvalue weighted by atomic mass is 9.81. The zero-order chi connectivity index (χ0) is 12.6. The minimum absolute atomic E-state index is 0.0370. The first kappa shape index (κ1) is 13.5. The van der Waals surface area contributed by atoms with Gasteiger partial charge < -0.3 is 0 Å². The number of halogens is 1. The van der Waals surface area contributed by atoms with Crippen LogP contribution in [0.1, 0.15) is 31.7 Å². The van der Waals surface area contributed by atoms with Crippen molar-refractivity contribution in [3.8, 4) is 0 Å². The summed E-state index contributed by atoms with van der Waals surface area (Å²) < 4.78 is 28.3. The maximum absolute atomic E-state index is 12.1. The van der Waals surface area contributed by atoms with Crippen molar-refractivity contribution in [1.29, 1.82) is 0 Å². The van der Waals surface area contributed by atoms with Crippen LogP contribution in [-0.4, -0.2) is 14.5 Å². The van der Waals surface area contributed by atoms with Crippen LogP contribution < -0.4 is 4.72 Å². The Kier molecular flexibility index (Phi) is 3.97. The lowest BCUT2D eigenvalue weighted by molar-refractivity contribution is 0.260. The van der Waals surface area contributed by atoms with E-state index in [1.54, 1.807) is 6.07 Å². The summed E-state index contributed by atoms with van der Waals surface area (Å²) in [5, 5.41) is 0. The molecule has 1 aromatic rings. The Balaban J connectivity index is 2.12. The first-order valence-corrected chi connectivity index (χ1v) is 8.77. The van der Waals surface area contributed by atoms with E-state index in [0.29, 0.717) is 10.1 Å². The molecule has 1 N–H and O–H groups in total. The highest BCUT2D eigenvalue weighted by molar-refractivity contribution is 9.11. The molecule has 1 saturated carbocycles. The number of sulfonamides is 1. The fourth-order valence-corrected chi connectivity index (χ4v) is 5.46. The molecule has 2 rings (SSSR count). The van der Waals surface area contributed by atoms with Crippen molar-refractivity contribution in [1.82, 2.24) is 4.72 Å². The summed E-state index contributed by atoms with van der Waals surface area (Å²) in [5.74, 6) is 0.509. The Morgan fingerprint density at radius 3 is 2.59 bits per heavy atom. The summed E-state index contributed by atoms with van der Waals surface area (Å²) >= 11 is 4.62. The lowest BCUT2D eigenvalue weighted by Gasteiger charge is -2.31. The molecule has 1 aliphatic rings. The second-order valence-electron chi connectivity index (χ2n) is 4.62. The quantitative estimate of drug-likeness (QED) is 0.916. The number of thiophene rings is 1. The molecule has 0 aliphatic heterocycles. The van der Waals surface area contributed by atoms with Gasteiger partial charge in [0.2, 0.25) is 10.0 Å². The smallest absolute Gasteiger partial charge is 0.207 e. The van der Waals surface area contributed by atoms with Gasteiger partial charge in [-0.05, 0) is 60.2 Å². The van der Waals surface area contributed by atoms with Gasteiger partial charge in [0.25, 0.3) is 0 Å². The lowest BCUT2D eigenvalue weighted by Crippen LogP contribution is -2.40. The topological polar surface area (TPSA) is 46.2 Å². The number of hydrogen-bond donors (Lipinski definition) is 1. The Morgan fingerprint density at radius 1 is 1.53 bits per heavy atom. The van der Waals surface area contributed by atoms with Crippen LogP contribution in [0.25, 0.3) is 0 Å². The largest absolute Gasteiger partial charge is 0.250 e. The highest BCUT2D eigenvalue weighted by Crippen LogP contribution is 2.33. The molecule has 0 saturated heterocycles. The van der Waals surface area contributed by atoms with E-state index < -0.39 is 10.0 Å². The van der Waals surface area contributed by atoms with Crippen LogP contribution in [0.4, 0.5) is 0 Å². The molecular weight excluding hydrogens is 322 g/mol. The van der Waals surface area contributed by atoms with Crippen molar-refractivity contribution in [2.24, 2.45) is 5.92 Å². The van der Waals surface area contributed by atoms with Crippen LogP contribution in [0.2, 0.25) is 0 Å². The molecule has 1 unspecified atom stereocenters. The Labute approximate surface area is 115 Å². The predicted octanol–water partition coefficient (Wildman–Crippen LogP) is 3.29. The van der Waals surface area contributed by atoms with Crippen LogP contribution in [-0.2, 0) is 10.0 Å². The van der Waals surface area contributed by atoms with E-state index in [9.17, 15) is 8.42 Å². The molecule has 1 atom stereocenters. The maximum Gasteiger partial charge on any atom is 0.250 e. The van der Waals surface area contributed by atoms with Crippen molar-refractivity contribution < 1.29 is 8.42 Å². The number of rotatable bonds is 4. The molecule has 0 spiro atoms. The van der Waals surface area contributed by atoms with Gasteiger partial charge in [-0.25, -0.2) is 13.1 Å². The molecule has 1 fully saturated rings. The van der Waals surface area contributed by atoms with Crippen LogP contribution in [0.15, 0.2) is 14.1 Å². The van der Waals surface area contributed by atoms with E-state index in [0.717, 1.165) is 22.2 Å². The molecular formula is C11H16BrNO2S2. The third kappa shape index (κ3) is 2.92. The highest BCUT2D eigenvalue weighted by atomic mass is 79.9. The first-order chi connectivity index (χ1) is 7.90. The summed E-state index contributed by atoms with van der Waals surface area (Å²) in [7, 11) is -3.34. The standard InChI is InChI=1S/C11H16BrNO2S2/c1-7-6-10(16-11(7)12)17(14,15)13-8(2)9-4-3-5-9/h6,8-9,13H,3-5H2,1-2H3. The molecule has 1 aliphatic carbocycles. The predicted molar refractivity (Wildman–Crippen MR) is 73.9 cm³/mol. The zero-order valence-electron chi connectivity index (χ0n) is 9.86. The highest BCUT2D eigenvalue weighted by Gasteiger charge is 2.28. The van der Waals surface area contributed by atoms with Gasteiger partial charge in [-0.3, -0.25) is 0 Å². The molecule has 1 heterocycles. The van der Waals surface area contributed by atoms with E-state index in [1.165, 1.54) is 17.8 Å². The van der Waals surface area contributed by atoms with Crippen molar-refractivity contribution in [2.75, 3.05) is 0 Å². The van der Waals surface area contributed by atoms with Gasteiger partial charge in [0.1, 0.15) is 4.21 Å². The van der Waals surface area contributed by atoms with E-state index in [-0.39, 0.29) is 6.04 Å².